The second kappa shape index (κ2) is 6.71. The fraction of sp³-hybridized carbons (Fsp3) is 0.0714. The first-order chi connectivity index (χ1) is 10.1. The molecule has 0 radical (unpaired) electrons. The molecule has 0 atom stereocenters. The van der Waals surface area contributed by atoms with Crippen molar-refractivity contribution in [1.29, 1.82) is 0 Å². The second-order valence-electron chi connectivity index (χ2n) is 4.13. The molecule has 2 rings (SSSR count). The number of aryl methyl sites for hydroxylation is 1. The molecule has 0 aliphatic carbocycles. The van der Waals surface area contributed by atoms with Gasteiger partial charge < -0.3 is 9.73 Å². The molecule has 108 valence electrons. The van der Waals surface area contributed by atoms with E-state index in [1.54, 1.807) is 30.3 Å². The standard InChI is InChI=1S/C14H12ClN3O3/c1-9-4-5-10(7-12(9)15)17-13(19)14(20)18-16-8-11-3-2-6-21-11/h2-8H,1H3,(H,17,19)(H,18,20)/b16-8+. The van der Waals surface area contributed by atoms with Crippen LogP contribution in [0.2, 0.25) is 5.02 Å². The lowest BCUT2D eigenvalue weighted by atomic mass is 10.2. The van der Waals surface area contributed by atoms with Crippen LogP contribution in [0, 0.1) is 6.92 Å². The highest BCUT2D eigenvalue weighted by Crippen LogP contribution is 2.19. The summed E-state index contributed by atoms with van der Waals surface area (Å²) in [7, 11) is 0. The molecule has 21 heavy (non-hydrogen) atoms. The molecule has 1 aromatic carbocycles. The van der Waals surface area contributed by atoms with Crippen molar-refractivity contribution < 1.29 is 14.0 Å². The molecule has 7 heteroatoms. The summed E-state index contributed by atoms with van der Waals surface area (Å²) in [5.74, 6) is -1.28. The molecule has 0 aliphatic heterocycles. The number of anilines is 1. The summed E-state index contributed by atoms with van der Waals surface area (Å²) >= 11 is 5.93. The van der Waals surface area contributed by atoms with Gasteiger partial charge in [0.2, 0.25) is 0 Å². The monoisotopic (exact) mass is 305 g/mol. The lowest BCUT2D eigenvalue weighted by Crippen LogP contribution is -2.32. The topological polar surface area (TPSA) is 83.7 Å². The molecule has 2 aromatic rings. The minimum absolute atomic E-state index is 0.431. The van der Waals surface area contributed by atoms with Gasteiger partial charge in [0.25, 0.3) is 0 Å². The molecule has 2 amide bonds. The number of halogens is 1. The number of benzene rings is 1. The van der Waals surface area contributed by atoms with Crippen LogP contribution in [0.3, 0.4) is 0 Å². The molecule has 0 bridgehead atoms. The zero-order chi connectivity index (χ0) is 15.2. The number of nitrogens with one attached hydrogen (secondary N) is 2. The van der Waals surface area contributed by atoms with Gasteiger partial charge >= 0.3 is 11.8 Å². The van der Waals surface area contributed by atoms with Crippen molar-refractivity contribution in [3.05, 3.63) is 52.9 Å². The highest BCUT2D eigenvalue weighted by molar-refractivity contribution is 6.39. The largest absolute Gasteiger partial charge is 0.463 e. The number of furan rings is 1. The maximum absolute atomic E-state index is 11.6. The van der Waals surface area contributed by atoms with Crippen LogP contribution in [0.1, 0.15) is 11.3 Å². The van der Waals surface area contributed by atoms with Crippen molar-refractivity contribution in [1.82, 2.24) is 5.43 Å². The predicted molar refractivity (Wildman–Crippen MR) is 79.3 cm³/mol. The fourth-order valence-electron chi connectivity index (χ4n) is 1.43. The van der Waals surface area contributed by atoms with E-state index >= 15 is 0 Å². The van der Waals surface area contributed by atoms with Gasteiger partial charge in [0.05, 0.1) is 12.5 Å². The van der Waals surface area contributed by atoms with Crippen molar-refractivity contribution in [2.45, 2.75) is 6.92 Å². The van der Waals surface area contributed by atoms with E-state index in [1.165, 1.54) is 12.5 Å². The molecule has 0 fully saturated rings. The molecule has 1 aromatic heterocycles. The van der Waals surface area contributed by atoms with Gasteiger partial charge in [-0.1, -0.05) is 17.7 Å². The number of hydrazone groups is 1. The van der Waals surface area contributed by atoms with Crippen molar-refractivity contribution in [2.24, 2.45) is 5.10 Å². The first-order valence-corrected chi connectivity index (χ1v) is 6.38. The van der Waals surface area contributed by atoms with E-state index in [0.717, 1.165) is 5.56 Å². The molecule has 2 N–H and O–H groups in total. The Morgan fingerprint density at radius 3 is 2.76 bits per heavy atom. The van der Waals surface area contributed by atoms with Crippen LogP contribution in [0.5, 0.6) is 0 Å². The third kappa shape index (κ3) is 4.19. The molecule has 0 spiro atoms. The zero-order valence-corrected chi connectivity index (χ0v) is 11.8. The number of hydrogen-bond acceptors (Lipinski definition) is 4. The van der Waals surface area contributed by atoms with Crippen LogP contribution in [0.25, 0.3) is 0 Å². The Morgan fingerprint density at radius 2 is 2.10 bits per heavy atom. The quantitative estimate of drug-likeness (QED) is 0.518. The van der Waals surface area contributed by atoms with E-state index in [0.29, 0.717) is 16.5 Å². The molecule has 1 heterocycles. The summed E-state index contributed by atoms with van der Waals surface area (Å²) in [5, 5.41) is 6.53. The van der Waals surface area contributed by atoms with E-state index in [1.807, 2.05) is 6.92 Å². The lowest BCUT2D eigenvalue weighted by Gasteiger charge is -2.05. The van der Waals surface area contributed by atoms with Gasteiger partial charge in [-0.2, -0.15) is 5.10 Å². The van der Waals surface area contributed by atoms with Gasteiger partial charge in [0.1, 0.15) is 5.76 Å². The molecule has 0 saturated heterocycles. The van der Waals surface area contributed by atoms with Crippen LogP contribution in [-0.4, -0.2) is 18.0 Å². The lowest BCUT2D eigenvalue weighted by molar-refractivity contribution is -0.136. The van der Waals surface area contributed by atoms with Crippen LogP contribution in [0.15, 0.2) is 46.1 Å². The van der Waals surface area contributed by atoms with E-state index in [9.17, 15) is 9.59 Å². The molecule has 0 aliphatic rings. The number of amides is 2. The van der Waals surface area contributed by atoms with Crippen LogP contribution >= 0.6 is 11.6 Å². The highest BCUT2D eigenvalue weighted by atomic mass is 35.5. The van der Waals surface area contributed by atoms with Crippen LogP contribution in [0.4, 0.5) is 5.69 Å². The third-order valence-electron chi connectivity index (χ3n) is 2.54. The van der Waals surface area contributed by atoms with Crippen molar-refractivity contribution in [2.75, 3.05) is 5.32 Å². The highest BCUT2D eigenvalue weighted by Gasteiger charge is 2.13. The maximum atomic E-state index is 11.6. The maximum Gasteiger partial charge on any atom is 0.329 e. The normalized spacial score (nSPS) is 10.6. The molecular weight excluding hydrogens is 294 g/mol. The summed E-state index contributed by atoms with van der Waals surface area (Å²) in [6, 6.07) is 8.29. The SMILES string of the molecule is Cc1ccc(NC(=O)C(=O)N/N=C/c2ccco2)cc1Cl. The Hall–Kier alpha value is -2.60. The minimum Gasteiger partial charge on any atom is -0.463 e. The van der Waals surface area contributed by atoms with Gasteiger partial charge in [-0.15, -0.1) is 0 Å². The summed E-state index contributed by atoms with van der Waals surface area (Å²) in [4.78, 5) is 23.2. The van der Waals surface area contributed by atoms with Crippen LogP contribution < -0.4 is 10.7 Å². The number of nitrogens with zero attached hydrogens (tertiary/aromatic N) is 1. The Bertz CT molecular complexity index is 681. The van der Waals surface area contributed by atoms with Gasteiger partial charge in [0, 0.05) is 10.7 Å². The first kappa shape index (κ1) is 14.8. The van der Waals surface area contributed by atoms with Crippen molar-refractivity contribution >= 4 is 35.3 Å². The fourth-order valence-corrected chi connectivity index (χ4v) is 1.61. The van der Waals surface area contributed by atoms with Gasteiger partial charge in [0.15, 0.2) is 0 Å². The minimum atomic E-state index is -0.894. The summed E-state index contributed by atoms with van der Waals surface area (Å²) in [6.45, 7) is 1.84. The number of carbonyl (C=O) groups excluding carboxylic acids is 2. The van der Waals surface area contributed by atoms with Crippen molar-refractivity contribution in [3.63, 3.8) is 0 Å². The Kier molecular flexibility index (Phi) is 4.73. The Morgan fingerprint density at radius 1 is 1.29 bits per heavy atom. The molecule has 6 nitrogen and oxygen atoms in total. The van der Waals surface area contributed by atoms with Crippen molar-refractivity contribution in [3.8, 4) is 0 Å². The Balaban J connectivity index is 1.90. The summed E-state index contributed by atoms with van der Waals surface area (Å²) in [6.07, 6.45) is 2.75. The van der Waals surface area contributed by atoms with E-state index in [-0.39, 0.29) is 0 Å². The van der Waals surface area contributed by atoms with Gasteiger partial charge in [-0.05, 0) is 36.8 Å². The van der Waals surface area contributed by atoms with Gasteiger partial charge in [-0.25, -0.2) is 5.43 Å². The predicted octanol–water partition coefficient (Wildman–Crippen LogP) is 2.33. The summed E-state index contributed by atoms with van der Waals surface area (Å²) < 4.78 is 4.98. The van der Waals surface area contributed by atoms with E-state index in [4.69, 9.17) is 16.0 Å². The number of hydrogen-bond donors (Lipinski definition) is 2. The Labute approximate surface area is 125 Å². The number of carbonyl (C=O) groups is 2. The van der Waals surface area contributed by atoms with E-state index in [2.05, 4.69) is 15.8 Å². The smallest absolute Gasteiger partial charge is 0.329 e. The summed E-state index contributed by atoms with van der Waals surface area (Å²) in [5.41, 5.74) is 3.40. The van der Waals surface area contributed by atoms with E-state index < -0.39 is 11.8 Å². The van der Waals surface area contributed by atoms with Gasteiger partial charge in [-0.3, -0.25) is 9.59 Å². The average molecular weight is 306 g/mol. The second-order valence-corrected chi connectivity index (χ2v) is 4.54. The molecule has 0 unspecified atom stereocenters. The molecule has 0 saturated carbocycles. The third-order valence-corrected chi connectivity index (χ3v) is 2.94. The first-order valence-electron chi connectivity index (χ1n) is 6.00. The van der Waals surface area contributed by atoms with Crippen LogP contribution in [-0.2, 0) is 9.59 Å². The average Bonchev–Trinajstić information content (AvgIpc) is 2.96. The zero-order valence-electron chi connectivity index (χ0n) is 11.1. The molecular formula is C14H12ClN3O3. The number of rotatable bonds is 3.